The number of rotatable bonds is 6. The SMILES string of the molecule is CCOP(=O)(OCC)c1cc2cc(-c3ccc4ccccc4c3)c(Cl)cc2[nH]c1=O. The molecular weight excluding hydrogens is 421 g/mol. The van der Waals surface area contributed by atoms with Crippen molar-refractivity contribution in [1.82, 2.24) is 4.98 Å². The van der Waals surface area contributed by atoms with E-state index >= 15 is 0 Å². The van der Waals surface area contributed by atoms with Gasteiger partial charge in [-0.3, -0.25) is 9.36 Å². The fourth-order valence-electron chi connectivity index (χ4n) is 3.51. The van der Waals surface area contributed by atoms with Crippen molar-refractivity contribution < 1.29 is 13.6 Å². The van der Waals surface area contributed by atoms with E-state index in [4.69, 9.17) is 20.6 Å². The molecule has 0 saturated heterocycles. The van der Waals surface area contributed by atoms with Gasteiger partial charge in [0.05, 0.1) is 18.2 Å². The van der Waals surface area contributed by atoms with Crippen LogP contribution in [-0.2, 0) is 13.6 Å². The Hall–Kier alpha value is -2.43. The minimum atomic E-state index is -3.72. The lowest BCUT2D eigenvalue weighted by atomic mass is 10.00. The lowest BCUT2D eigenvalue weighted by Gasteiger charge is -2.17. The first kappa shape index (κ1) is 20.8. The Labute approximate surface area is 179 Å². The van der Waals surface area contributed by atoms with Gasteiger partial charge in [-0.2, -0.15) is 0 Å². The van der Waals surface area contributed by atoms with E-state index in [1.807, 2.05) is 36.4 Å². The zero-order chi connectivity index (χ0) is 21.3. The summed E-state index contributed by atoms with van der Waals surface area (Å²) in [4.78, 5) is 15.4. The van der Waals surface area contributed by atoms with Crippen LogP contribution in [0.1, 0.15) is 13.8 Å². The minimum Gasteiger partial charge on any atom is -0.321 e. The maximum Gasteiger partial charge on any atom is 0.366 e. The normalized spacial score (nSPS) is 12.0. The maximum absolute atomic E-state index is 13.2. The van der Waals surface area contributed by atoms with Gasteiger partial charge in [-0.1, -0.05) is 48.0 Å². The molecule has 0 aliphatic heterocycles. The highest BCUT2D eigenvalue weighted by molar-refractivity contribution is 7.62. The van der Waals surface area contributed by atoms with Crippen LogP contribution in [-0.4, -0.2) is 18.2 Å². The van der Waals surface area contributed by atoms with Crippen LogP contribution in [0.25, 0.3) is 32.8 Å². The quantitative estimate of drug-likeness (QED) is 0.378. The molecule has 0 spiro atoms. The molecule has 5 nitrogen and oxygen atoms in total. The van der Waals surface area contributed by atoms with Crippen LogP contribution >= 0.6 is 19.2 Å². The second-order valence-electron chi connectivity index (χ2n) is 6.80. The van der Waals surface area contributed by atoms with Crippen LogP contribution in [0.5, 0.6) is 0 Å². The molecule has 3 aromatic carbocycles. The molecule has 0 atom stereocenters. The lowest BCUT2D eigenvalue weighted by Crippen LogP contribution is -2.29. The Morgan fingerprint density at radius 1 is 0.900 bits per heavy atom. The summed E-state index contributed by atoms with van der Waals surface area (Å²) in [6, 6.07) is 19.4. The molecule has 1 heterocycles. The molecule has 0 saturated carbocycles. The number of hydrogen-bond donors (Lipinski definition) is 1. The molecule has 0 amide bonds. The van der Waals surface area contributed by atoms with E-state index in [2.05, 4.69) is 17.1 Å². The third kappa shape index (κ3) is 3.82. The van der Waals surface area contributed by atoms with Crippen LogP contribution in [0, 0.1) is 0 Å². The van der Waals surface area contributed by atoms with Crippen LogP contribution in [0.4, 0.5) is 0 Å². The number of H-pyrrole nitrogens is 1. The van der Waals surface area contributed by atoms with Gasteiger partial charge in [-0.15, -0.1) is 0 Å². The van der Waals surface area contributed by atoms with Crippen molar-refractivity contribution in [2.75, 3.05) is 13.2 Å². The minimum absolute atomic E-state index is 0.00881. The molecule has 0 fully saturated rings. The van der Waals surface area contributed by atoms with E-state index in [-0.39, 0.29) is 18.5 Å². The predicted molar refractivity (Wildman–Crippen MR) is 123 cm³/mol. The first-order valence-electron chi connectivity index (χ1n) is 9.70. The highest BCUT2D eigenvalue weighted by Gasteiger charge is 2.30. The number of nitrogens with one attached hydrogen (secondary N) is 1. The third-order valence-corrected chi connectivity index (χ3v) is 7.30. The van der Waals surface area contributed by atoms with Gasteiger partial charge in [-0.05, 0) is 59.8 Å². The predicted octanol–water partition coefficient (Wildman–Crippen LogP) is 5.89. The standard InChI is InChI=1S/C23H21ClNO4P/c1-3-28-30(27,29-4-2)22-13-18-12-19(20(24)14-21(18)25-23(22)26)17-10-9-15-7-5-6-8-16(15)11-17/h5-14H,3-4H2,1-2H3,(H,25,26). The number of fused-ring (bicyclic) bond motifs is 2. The molecule has 0 unspecified atom stereocenters. The molecule has 4 aromatic rings. The van der Waals surface area contributed by atoms with Crippen molar-refractivity contribution in [2.45, 2.75) is 13.8 Å². The summed E-state index contributed by atoms with van der Waals surface area (Å²) in [7, 11) is -3.72. The van der Waals surface area contributed by atoms with Gasteiger partial charge in [0.25, 0.3) is 5.56 Å². The highest BCUT2D eigenvalue weighted by atomic mass is 35.5. The molecule has 0 aliphatic rings. The van der Waals surface area contributed by atoms with Gasteiger partial charge in [0.2, 0.25) is 0 Å². The number of aromatic nitrogens is 1. The Morgan fingerprint density at radius 3 is 2.30 bits per heavy atom. The Balaban J connectivity index is 1.90. The number of halogens is 1. The molecule has 0 radical (unpaired) electrons. The summed E-state index contributed by atoms with van der Waals surface area (Å²) in [5, 5.41) is 3.44. The van der Waals surface area contributed by atoms with E-state index in [0.717, 1.165) is 21.9 Å². The van der Waals surface area contributed by atoms with Gasteiger partial charge in [0.15, 0.2) is 0 Å². The van der Waals surface area contributed by atoms with Crippen molar-refractivity contribution >= 4 is 46.2 Å². The smallest absolute Gasteiger partial charge is 0.321 e. The molecule has 0 bridgehead atoms. The van der Waals surface area contributed by atoms with E-state index < -0.39 is 13.2 Å². The average Bonchev–Trinajstić information content (AvgIpc) is 2.73. The van der Waals surface area contributed by atoms with Crippen molar-refractivity contribution in [1.29, 1.82) is 0 Å². The Bertz CT molecular complexity index is 1340. The second-order valence-corrected chi connectivity index (χ2v) is 9.20. The van der Waals surface area contributed by atoms with Crippen LogP contribution in [0.15, 0.2) is 65.5 Å². The van der Waals surface area contributed by atoms with Gasteiger partial charge >= 0.3 is 7.60 Å². The Kier molecular flexibility index (Phi) is 5.81. The summed E-state index contributed by atoms with van der Waals surface area (Å²) >= 11 is 6.54. The first-order valence-corrected chi connectivity index (χ1v) is 11.6. The largest absolute Gasteiger partial charge is 0.366 e. The van der Waals surface area contributed by atoms with E-state index in [9.17, 15) is 9.36 Å². The topological polar surface area (TPSA) is 68.4 Å². The van der Waals surface area contributed by atoms with E-state index in [1.165, 1.54) is 0 Å². The molecule has 0 aliphatic carbocycles. The lowest BCUT2D eigenvalue weighted by molar-refractivity contribution is 0.229. The third-order valence-electron chi connectivity index (χ3n) is 4.87. The average molecular weight is 442 g/mol. The summed E-state index contributed by atoms with van der Waals surface area (Å²) < 4.78 is 23.9. The fourth-order valence-corrected chi connectivity index (χ4v) is 5.42. The monoisotopic (exact) mass is 441 g/mol. The zero-order valence-corrected chi connectivity index (χ0v) is 18.3. The number of aromatic amines is 1. The summed E-state index contributed by atoms with van der Waals surface area (Å²) in [6.07, 6.45) is 0. The van der Waals surface area contributed by atoms with Crippen molar-refractivity contribution in [2.24, 2.45) is 0 Å². The van der Waals surface area contributed by atoms with E-state index in [0.29, 0.717) is 15.9 Å². The van der Waals surface area contributed by atoms with Crippen LogP contribution in [0.2, 0.25) is 5.02 Å². The maximum atomic E-state index is 13.2. The fraction of sp³-hybridized carbons (Fsp3) is 0.174. The highest BCUT2D eigenvalue weighted by Crippen LogP contribution is 2.46. The summed E-state index contributed by atoms with van der Waals surface area (Å²) in [5.74, 6) is 0. The Morgan fingerprint density at radius 2 is 1.60 bits per heavy atom. The van der Waals surface area contributed by atoms with Crippen LogP contribution in [0.3, 0.4) is 0 Å². The molecule has 1 aromatic heterocycles. The van der Waals surface area contributed by atoms with Crippen LogP contribution < -0.4 is 10.9 Å². The zero-order valence-electron chi connectivity index (χ0n) is 16.6. The number of hydrogen-bond acceptors (Lipinski definition) is 4. The van der Waals surface area contributed by atoms with Gasteiger partial charge in [0, 0.05) is 11.1 Å². The molecule has 30 heavy (non-hydrogen) atoms. The van der Waals surface area contributed by atoms with Gasteiger partial charge < -0.3 is 14.0 Å². The first-order chi connectivity index (χ1) is 14.4. The number of pyridine rings is 1. The molecule has 7 heteroatoms. The van der Waals surface area contributed by atoms with E-state index in [1.54, 1.807) is 26.0 Å². The van der Waals surface area contributed by atoms with Crippen molar-refractivity contribution in [3.63, 3.8) is 0 Å². The molecule has 154 valence electrons. The number of benzene rings is 3. The summed E-state index contributed by atoms with van der Waals surface area (Å²) in [6.45, 7) is 3.74. The molecule has 4 rings (SSSR count). The van der Waals surface area contributed by atoms with Crippen molar-refractivity contribution in [3.8, 4) is 11.1 Å². The second kappa shape index (κ2) is 8.37. The molecule has 1 N–H and O–H groups in total. The van der Waals surface area contributed by atoms with Gasteiger partial charge in [0.1, 0.15) is 5.30 Å². The molecular formula is C23H21ClNO4P. The van der Waals surface area contributed by atoms with Gasteiger partial charge in [-0.25, -0.2) is 0 Å². The van der Waals surface area contributed by atoms with Crippen molar-refractivity contribution in [3.05, 3.63) is 76.0 Å². The summed E-state index contributed by atoms with van der Waals surface area (Å²) in [5.41, 5.74) is 1.81.